The number of hydrogen-bond donors (Lipinski definition) is 2. The zero-order valence-electron chi connectivity index (χ0n) is 9.46. The van der Waals surface area contributed by atoms with Gasteiger partial charge in [0.15, 0.2) is 0 Å². The van der Waals surface area contributed by atoms with Gasteiger partial charge in [0.25, 0.3) is 0 Å². The topological polar surface area (TPSA) is 38.3 Å². The first-order valence-electron chi connectivity index (χ1n) is 4.82. The summed E-state index contributed by atoms with van der Waals surface area (Å²) in [5.41, 5.74) is -0.0695. The molecule has 0 aromatic heterocycles. The largest absolute Gasteiger partial charge is 0.365 e. The fourth-order valence-electron chi connectivity index (χ4n) is 0.962. The molecular formula is C10H21NO2S. The highest BCUT2D eigenvalue weighted by Gasteiger charge is 2.18. The van der Waals surface area contributed by atoms with E-state index < -0.39 is 0 Å². The molecule has 0 bridgehead atoms. The number of carbonyl (C=O) groups is 1. The SMILES string of the molecule is CC(C)(CCOC(C)(C)S)NCC=O. The predicted octanol–water partition coefficient (Wildman–Crippen LogP) is 1.63. The van der Waals surface area contributed by atoms with Crippen molar-refractivity contribution in [3.63, 3.8) is 0 Å². The minimum atomic E-state index is -0.388. The molecule has 14 heavy (non-hydrogen) atoms. The van der Waals surface area contributed by atoms with Gasteiger partial charge in [-0.3, -0.25) is 0 Å². The summed E-state index contributed by atoms with van der Waals surface area (Å²) in [5.74, 6) is 0. The molecule has 0 rings (SSSR count). The van der Waals surface area contributed by atoms with Crippen LogP contribution in [-0.2, 0) is 9.53 Å². The molecule has 0 atom stereocenters. The average Bonchev–Trinajstić information content (AvgIpc) is 1.98. The lowest BCUT2D eigenvalue weighted by molar-refractivity contribution is -0.107. The van der Waals surface area contributed by atoms with Crippen molar-refractivity contribution in [3.8, 4) is 0 Å². The Balaban J connectivity index is 3.70. The maximum Gasteiger partial charge on any atom is 0.133 e. The quantitative estimate of drug-likeness (QED) is 0.388. The van der Waals surface area contributed by atoms with Gasteiger partial charge in [-0.2, -0.15) is 0 Å². The third kappa shape index (κ3) is 8.53. The molecule has 0 aliphatic rings. The van der Waals surface area contributed by atoms with Crippen LogP contribution in [-0.4, -0.2) is 29.9 Å². The van der Waals surface area contributed by atoms with Crippen LogP contribution in [0.5, 0.6) is 0 Å². The Morgan fingerprint density at radius 3 is 2.36 bits per heavy atom. The molecule has 0 aromatic rings. The summed E-state index contributed by atoms with van der Waals surface area (Å²) >= 11 is 4.26. The number of nitrogens with one attached hydrogen (secondary N) is 1. The van der Waals surface area contributed by atoms with Crippen molar-refractivity contribution >= 4 is 18.9 Å². The number of hydrogen-bond acceptors (Lipinski definition) is 4. The maximum absolute atomic E-state index is 10.2. The lowest BCUT2D eigenvalue weighted by Gasteiger charge is -2.27. The molecule has 0 aliphatic heterocycles. The zero-order chi connectivity index (χ0) is 11.2. The lowest BCUT2D eigenvalue weighted by Crippen LogP contribution is -2.41. The van der Waals surface area contributed by atoms with Gasteiger partial charge in [0.05, 0.1) is 13.2 Å². The minimum Gasteiger partial charge on any atom is -0.365 e. The lowest BCUT2D eigenvalue weighted by atomic mass is 10.0. The highest BCUT2D eigenvalue weighted by atomic mass is 32.1. The molecule has 3 nitrogen and oxygen atoms in total. The number of rotatable bonds is 7. The van der Waals surface area contributed by atoms with E-state index in [0.29, 0.717) is 13.2 Å². The van der Waals surface area contributed by atoms with Crippen LogP contribution in [0.2, 0.25) is 0 Å². The van der Waals surface area contributed by atoms with Gasteiger partial charge in [-0.25, -0.2) is 0 Å². The number of ether oxygens (including phenoxy) is 1. The molecule has 0 unspecified atom stereocenters. The Bertz CT molecular complexity index is 175. The molecule has 0 saturated carbocycles. The van der Waals surface area contributed by atoms with Crippen molar-refractivity contribution in [2.75, 3.05) is 13.2 Å². The second-order valence-electron chi connectivity index (χ2n) is 4.48. The molecule has 0 aliphatic carbocycles. The van der Waals surface area contributed by atoms with Crippen LogP contribution in [0.4, 0.5) is 0 Å². The van der Waals surface area contributed by atoms with Gasteiger partial charge in [-0.15, -0.1) is 12.6 Å². The third-order valence-electron chi connectivity index (χ3n) is 1.85. The van der Waals surface area contributed by atoms with Gasteiger partial charge >= 0.3 is 0 Å². The highest BCUT2D eigenvalue weighted by Crippen LogP contribution is 2.16. The molecule has 4 heteroatoms. The standard InChI is InChI=1S/C10H21NO2S/c1-9(2,11-6-7-12)5-8-13-10(3,4)14/h7,11,14H,5-6,8H2,1-4H3. The summed E-state index contributed by atoms with van der Waals surface area (Å²) < 4.78 is 5.48. The molecule has 0 spiro atoms. The zero-order valence-corrected chi connectivity index (χ0v) is 10.4. The van der Waals surface area contributed by atoms with Gasteiger partial charge < -0.3 is 14.8 Å². The first kappa shape index (κ1) is 13.9. The maximum atomic E-state index is 10.2. The average molecular weight is 219 g/mol. The van der Waals surface area contributed by atoms with Crippen LogP contribution in [0.1, 0.15) is 34.1 Å². The van der Waals surface area contributed by atoms with Crippen LogP contribution in [0, 0.1) is 0 Å². The number of thiol groups is 1. The molecular weight excluding hydrogens is 198 g/mol. The first-order chi connectivity index (χ1) is 6.27. The van der Waals surface area contributed by atoms with Crippen LogP contribution in [0.15, 0.2) is 0 Å². The summed E-state index contributed by atoms with van der Waals surface area (Å²) in [4.78, 5) is 9.79. The first-order valence-corrected chi connectivity index (χ1v) is 5.26. The van der Waals surface area contributed by atoms with Gasteiger partial charge in [-0.1, -0.05) is 0 Å². The van der Waals surface area contributed by atoms with E-state index in [0.717, 1.165) is 12.7 Å². The van der Waals surface area contributed by atoms with E-state index >= 15 is 0 Å². The van der Waals surface area contributed by atoms with E-state index in [4.69, 9.17) is 4.74 Å². The Kier molecular flexibility index (Phi) is 5.71. The Morgan fingerprint density at radius 2 is 1.93 bits per heavy atom. The third-order valence-corrected chi connectivity index (χ3v) is 1.98. The van der Waals surface area contributed by atoms with Gasteiger partial charge in [-0.05, 0) is 34.1 Å². The van der Waals surface area contributed by atoms with Gasteiger partial charge in [0.1, 0.15) is 11.2 Å². The van der Waals surface area contributed by atoms with Gasteiger partial charge in [0.2, 0.25) is 0 Å². The van der Waals surface area contributed by atoms with Crippen molar-refractivity contribution in [1.82, 2.24) is 5.32 Å². The molecule has 0 aromatic carbocycles. The molecule has 0 amide bonds. The van der Waals surface area contributed by atoms with Crippen LogP contribution < -0.4 is 5.32 Å². The number of aldehydes is 1. The van der Waals surface area contributed by atoms with Crippen molar-refractivity contribution in [2.45, 2.75) is 44.6 Å². The smallest absolute Gasteiger partial charge is 0.133 e. The summed E-state index contributed by atoms with van der Waals surface area (Å²) in [6.07, 6.45) is 1.72. The van der Waals surface area contributed by atoms with Crippen molar-refractivity contribution < 1.29 is 9.53 Å². The summed E-state index contributed by atoms with van der Waals surface area (Å²) in [6.45, 7) is 8.92. The number of carbonyl (C=O) groups excluding carboxylic acids is 1. The summed E-state index contributed by atoms with van der Waals surface area (Å²) in [7, 11) is 0. The molecule has 84 valence electrons. The van der Waals surface area contributed by atoms with Gasteiger partial charge in [0, 0.05) is 5.54 Å². The van der Waals surface area contributed by atoms with Crippen molar-refractivity contribution in [2.24, 2.45) is 0 Å². The normalized spacial score (nSPS) is 12.9. The molecule has 1 N–H and O–H groups in total. The molecule has 0 radical (unpaired) electrons. The molecule has 0 heterocycles. The fraction of sp³-hybridized carbons (Fsp3) is 0.900. The Labute approximate surface area is 92.0 Å². The van der Waals surface area contributed by atoms with E-state index in [1.807, 2.05) is 27.7 Å². The van der Waals surface area contributed by atoms with Crippen molar-refractivity contribution in [1.29, 1.82) is 0 Å². The van der Waals surface area contributed by atoms with E-state index in [1.54, 1.807) is 0 Å². The minimum absolute atomic E-state index is 0.0695. The molecule has 0 fully saturated rings. The second kappa shape index (κ2) is 5.73. The van der Waals surface area contributed by atoms with E-state index in [-0.39, 0.29) is 10.5 Å². The van der Waals surface area contributed by atoms with E-state index in [9.17, 15) is 4.79 Å². The predicted molar refractivity (Wildman–Crippen MR) is 61.8 cm³/mol. The Hall–Kier alpha value is -0.0600. The summed E-state index contributed by atoms with van der Waals surface area (Å²) in [6, 6.07) is 0. The van der Waals surface area contributed by atoms with Crippen LogP contribution >= 0.6 is 12.6 Å². The Morgan fingerprint density at radius 1 is 1.36 bits per heavy atom. The van der Waals surface area contributed by atoms with E-state index in [1.165, 1.54) is 0 Å². The van der Waals surface area contributed by atoms with Crippen LogP contribution in [0.25, 0.3) is 0 Å². The monoisotopic (exact) mass is 219 g/mol. The highest BCUT2D eigenvalue weighted by molar-refractivity contribution is 7.81. The van der Waals surface area contributed by atoms with Crippen molar-refractivity contribution in [3.05, 3.63) is 0 Å². The fourth-order valence-corrected chi connectivity index (χ4v) is 1.05. The second-order valence-corrected chi connectivity index (χ2v) is 5.55. The summed E-state index contributed by atoms with van der Waals surface area (Å²) in [5, 5.41) is 3.12. The molecule has 0 saturated heterocycles. The van der Waals surface area contributed by atoms with E-state index in [2.05, 4.69) is 17.9 Å². The van der Waals surface area contributed by atoms with Crippen LogP contribution in [0.3, 0.4) is 0 Å².